The van der Waals surface area contributed by atoms with Crippen LogP contribution < -0.4 is 15.0 Å². The Morgan fingerprint density at radius 1 is 1.21 bits per heavy atom. The zero-order valence-electron chi connectivity index (χ0n) is 15.4. The molecular formula is C21H20N4O3. The maximum Gasteiger partial charge on any atom is 0.272 e. The number of benzene rings is 2. The molecule has 0 unspecified atom stereocenters. The van der Waals surface area contributed by atoms with Crippen molar-refractivity contribution in [1.82, 2.24) is 15.5 Å². The molecule has 0 bridgehead atoms. The number of aromatic amines is 1. The predicted octanol–water partition coefficient (Wildman–Crippen LogP) is 2.15. The van der Waals surface area contributed by atoms with E-state index in [0.29, 0.717) is 17.9 Å². The molecule has 0 saturated heterocycles. The fourth-order valence-corrected chi connectivity index (χ4v) is 3.17. The monoisotopic (exact) mass is 376 g/mol. The van der Waals surface area contributed by atoms with Crippen LogP contribution >= 0.6 is 0 Å². The summed E-state index contributed by atoms with van der Waals surface area (Å²) in [5, 5.41) is 9.69. The normalized spacial score (nSPS) is 16.1. The lowest BCUT2D eigenvalue weighted by molar-refractivity contribution is -0.120. The van der Waals surface area contributed by atoms with Crippen LogP contribution in [0.1, 0.15) is 21.7 Å². The van der Waals surface area contributed by atoms with Gasteiger partial charge in [0.1, 0.15) is 24.1 Å². The molecule has 4 rings (SSSR count). The lowest BCUT2D eigenvalue weighted by atomic mass is 10.1. The highest BCUT2D eigenvalue weighted by Crippen LogP contribution is 2.29. The van der Waals surface area contributed by atoms with E-state index < -0.39 is 11.9 Å². The van der Waals surface area contributed by atoms with E-state index in [4.69, 9.17) is 4.74 Å². The maximum absolute atomic E-state index is 12.7. The molecule has 2 amide bonds. The summed E-state index contributed by atoms with van der Waals surface area (Å²) in [6.07, 6.45) is 0.643. The average molecular weight is 376 g/mol. The molecule has 7 nitrogen and oxygen atoms in total. The third-order valence-corrected chi connectivity index (χ3v) is 4.67. The van der Waals surface area contributed by atoms with Gasteiger partial charge in [0.25, 0.3) is 11.8 Å². The van der Waals surface area contributed by atoms with Crippen molar-refractivity contribution in [2.45, 2.75) is 12.5 Å². The number of H-pyrrole nitrogens is 1. The molecule has 1 atom stereocenters. The molecule has 1 aliphatic rings. The first-order chi connectivity index (χ1) is 13.6. The Bertz CT molecular complexity index is 1000. The van der Waals surface area contributed by atoms with Gasteiger partial charge in [-0.15, -0.1) is 0 Å². The molecular weight excluding hydrogens is 356 g/mol. The van der Waals surface area contributed by atoms with E-state index in [0.717, 1.165) is 11.3 Å². The van der Waals surface area contributed by atoms with Gasteiger partial charge in [-0.2, -0.15) is 5.10 Å². The van der Waals surface area contributed by atoms with Crippen LogP contribution in [-0.4, -0.2) is 41.7 Å². The SMILES string of the molecule is CN1C(=O)[C@@H](NC(=O)c2cc(Cc3ccccc3)[nH]n2)COc2ccccc21. The number of rotatable bonds is 4. The number of amides is 2. The topological polar surface area (TPSA) is 87.3 Å². The van der Waals surface area contributed by atoms with E-state index >= 15 is 0 Å². The summed E-state index contributed by atoms with van der Waals surface area (Å²) in [5.41, 5.74) is 2.85. The summed E-state index contributed by atoms with van der Waals surface area (Å²) in [6, 6.07) is 18.1. The highest BCUT2D eigenvalue weighted by atomic mass is 16.5. The Balaban J connectivity index is 1.45. The van der Waals surface area contributed by atoms with Gasteiger partial charge < -0.3 is 15.0 Å². The summed E-state index contributed by atoms with van der Waals surface area (Å²) in [5.74, 6) is -0.0461. The minimum absolute atomic E-state index is 0.0627. The number of aromatic nitrogens is 2. The van der Waals surface area contributed by atoms with Gasteiger partial charge in [0.15, 0.2) is 0 Å². The molecule has 2 N–H and O–H groups in total. The van der Waals surface area contributed by atoms with Crippen LogP contribution in [0.3, 0.4) is 0 Å². The third-order valence-electron chi connectivity index (χ3n) is 4.67. The van der Waals surface area contributed by atoms with Gasteiger partial charge in [-0.1, -0.05) is 42.5 Å². The van der Waals surface area contributed by atoms with Gasteiger partial charge in [0, 0.05) is 19.2 Å². The number of carbonyl (C=O) groups is 2. The highest BCUT2D eigenvalue weighted by Gasteiger charge is 2.31. The van der Waals surface area contributed by atoms with Crippen molar-refractivity contribution in [3.05, 3.63) is 77.6 Å². The van der Waals surface area contributed by atoms with Crippen LogP contribution in [0.15, 0.2) is 60.7 Å². The van der Waals surface area contributed by atoms with E-state index in [-0.39, 0.29) is 18.2 Å². The third kappa shape index (κ3) is 3.59. The first-order valence-electron chi connectivity index (χ1n) is 9.00. The number of hydrogen-bond donors (Lipinski definition) is 2. The smallest absolute Gasteiger partial charge is 0.272 e. The van der Waals surface area contributed by atoms with Gasteiger partial charge in [-0.3, -0.25) is 14.7 Å². The molecule has 0 saturated carbocycles. The van der Waals surface area contributed by atoms with E-state index in [1.54, 1.807) is 25.2 Å². The molecule has 2 heterocycles. The molecule has 1 aliphatic heterocycles. The number of nitrogens with one attached hydrogen (secondary N) is 2. The van der Waals surface area contributed by atoms with Crippen LogP contribution in [0.2, 0.25) is 0 Å². The number of fused-ring (bicyclic) bond motifs is 1. The quantitative estimate of drug-likeness (QED) is 0.730. The number of nitrogens with zero attached hydrogens (tertiary/aromatic N) is 2. The minimum Gasteiger partial charge on any atom is -0.489 e. The molecule has 142 valence electrons. The van der Waals surface area contributed by atoms with Crippen molar-refractivity contribution in [3.63, 3.8) is 0 Å². The van der Waals surface area contributed by atoms with E-state index in [1.807, 2.05) is 42.5 Å². The van der Waals surface area contributed by atoms with Gasteiger partial charge in [-0.25, -0.2) is 0 Å². The average Bonchev–Trinajstić information content (AvgIpc) is 3.15. The fraction of sp³-hybridized carbons (Fsp3) is 0.190. The second-order valence-corrected chi connectivity index (χ2v) is 6.64. The Labute approximate surface area is 162 Å². The number of hydrogen-bond acceptors (Lipinski definition) is 4. The molecule has 1 aromatic heterocycles. The summed E-state index contributed by atoms with van der Waals surface area (Å²) in [6.45, 7) is 0.0627. The van der Waals surface area contributed by atoms with Crippen molar-refractivity contribution >= 4 is 17.5 Å². The number of ether oxygens (including phenoxy) is 1. The molecule has 0 aliphatic carbocycles. The Kier molecular flexibility index (Phi) is 4.80. The van der Waals surface area contributed by atoms with Crippen LogP contribution in [0.4, 0.5) is 5.69 Å². The second-order valence-electron chi connectivity index (χ2n) is 6.64. The zero-order valence-corrected chi connectivity index (χ0v) is 15.4. The Morgan fingerprint density at radius 2 is 1.96 bits per heavy atom. The number of likely N-dealkylation sites (N-methyl/N-ethyl adjacent to an activating group) is 1. The summed E-state index contributed by atoms with van der Waals surface area (Å²) < 4.78 is 5.72. The first-order valence-corrected chi connectivity index (χ1v) is 9.00. The van der Waals surface area contributed by atoms with Crippen LogP contribution in [0.5, 0.6) is 5.75 Å². The van der Waals surface area contributed by atoms with Gasteiger partial charge in [-0.05, 0) is 23.8 Å². The lowest BCUT2D eigenvalue weighted by Crippen LogP contribution is -2.49. The van der Waals surface area contributed by atoms with Crippen molar-refractivity contribution in [2.75, 3.05) is 18.6 Å². The van der Waals surface area contributed by atoms with Gasteiger partial charge in [0.05, 0.1) is 5.69 Å². The van der Waals surface area contributed by atoms with E-state index in [9.17, 15) is 9.59 Å². The van der Waals surface area contributed by atoms with Crippen molar-refractivity contribution in [2.24, 2.45) is 0 Å². The standard InChI is InChI=1S/C21H20N4O3/c1-25-18-9-5-6-10-19(18)28-13-17(21(25)27)22-20(26)16-12-15(23-24-16)11-14-7-3-2-4-8-14/h2-10,12,17H,11,13H2,1H3,(H,22,26)(H,23,24)/t17-/m0/s1. The van der Waals surface area contributed by atoms with Crippen molar-refractivity contribution in [1.29, 1.82) is 0 Å². The molecule has 2 aromatic carbocycles. The highest BCUT2D eigenvalue weighted by molar-refractivity contribution is 6.02. The molecule has 0 radical (unpaired) electrons. The largest absolute Gasteiger partial charge is 0.489 e. The second kappa shape index (κ2) is 7.56. The van der Waals surface area contributed by atoms with Crippen LogP contribution in [0, 0.1) is 0 Å². The molecule has 3 aromatic rings. The molecule has 28 heavy (non-hydrogen) atoms. The summed E-state index contributed by atoms with van der Waals surface area (Å²) >= 11 is 0. The van der Waals surface area contributed by atoms with Crippen molar-refractivity contribution in [3.8, 4) is 5.75 Å². The summed E-state index contributed by atoms with van der Waals surface area (Å²) in [7, 11) is 1.67. The predicted molar refractivity (Wildman–Crippen MR) is 104 cm³/mol. The van der Waals surface area contributed by atoms with Crippen LogP contribution in [0.25, 0.3) is 0 Å². The number of anilines is 1. The summed E-state index contributed by atoms with van der Waals surface area (Å²) in [4.78, 5) is 26.8. The zero-order chi connectivity index (χ0) is 19.5. The molecule has 0 spiro atoms. The van der Waals surface area contributed by atoms with Crippen molar-refractivity contribution < 1.29 is 14.3 Å². The first kappa shape index (κ1) is 17.8. The molecule has 0 fully saturated rings. The maximum atomic E-state index is 12.7. The fourth-order valence-electron chi connectivity index (χ4n) is 3.17. The number of para-hydroxylation sites is 2. The van der Waals surface area contributed by atoms with Gasteiger partial charge in [0.2, 0.25) is 0 Å². The Hall–Kier alpha value is -3.61. The van der Waals surface area contributed by atoms with Gasteiger partial charge >= 0.3 is 0 Å². The van der Waals surface area contributed by atoms with E-state index in [1.165, 1.54) is 4.90 Å². The van der Waals surface area contributed by atoms with Crippen LogP contribution in [-0.2, 0) is 11.2 Å². The van der Waals surface area contributed by atoms with E-state index in [2.05, 4.69) is 15.5 Å². The number of carbonyl (C=O) groups excluding carboxylic acids is 2. The lowest BCUT2D eigenvalue weighted by Gasteiger charge is -2.19. The Morgan fingerprint density at radius 3 is 2.79 bits per heavy atom. The molecule has 7 heteroatoms. The minimum atomic E-state index is -0.792.